The van der Waals surface area contributed by atoms with Crippen LogP contribution < -0.4 is 0 Å². The molecule has 1 aromatic rings. The molecule has 2 atom stereocenters. The van der Waals surface area contributed by atoms with E-state index >= 15 is 0 Å². The molecular formula is C21H31NOSi. The zero-order valence-electron chi connectivity index (χ0n) is 15.5. The van der Waals surface area contributed by atoms with Crippen LogP contribution >= 0.6 is 0 Å². The number of nitriles is 1. The molecule has 0 heterocycles. The van der Waals surface area contributed by atoms with E-state index < -0.39 is 8.07 Å². The van der Waals surface area contributed by atoms with Crippen LogP contribution in [0.5, 0.6) is 0 Å². The van der Waals surface area contributed by atoms with Crippen LogP contribution in [0, 0.1) is 28.1 Å². The summed E-state index contributed by atoms with van der Waals surface area (Å²) in [6, 6.07) is 14.3. The second kappa shape index (κ2) is 6.65. The SMILES string of the molecule is C[Si](C)(C)C[C@]1(C#N)[C@@H](COCc2ccccc2)C12CCCCC2. The van der Waals surface area contributed by atoms with Crippen molar-refractivity contribution in [2.24, 2.45) is 16.7 Å². The molecule has 1 spiro atoms. The fraction of sp³-hybridized carbons (Fsp3) is 0.667. The van der Waals surface area contributed by atoms with E-state index in [1.54, 1.807) is 0 Å². The Morgan fingerprint density at radius 3 is 2.38 bits per heavy atom. The molecule has 2 aliphatic rings. The van der Waals surface area contributed by atoms with Crippen molar-refractivity contribution in [1.29, 1.82) is 5.26 Å². The maximum Gasteiger partial charge on any atom is 0.0717 e. The van der Waals surface area contributed by atoms with Crippen molar-refractivity contribution < 1.29 is 4.74 Å². The van der Waals surface area contributed by atoms with E-state index in [1.165, 1.54) is 37.7 Å². The minimum atomic E-state index is -1.28. The number of rotatable bonds is 6. The third-order valence-corrected chi connectivity index (χ3v) is 7.84. The normalized spacial score (nSPS) is 28.5. The minimum Gasteiger partial charge on any atom is -0.376 e. The van der Waals surface area contributed by atoms with Gasteiger partial charge in [-0.15, -0.1) is 0 Å². The number of benzene rings is 1. The minimum absolute atomic E-state index is 0.103. The highest BCUT2D eigenvalue weighted by molar-refractivity contribution is 6.76. The molecule has 2 nitrogen and oxygen atoms in total. The highest BCUT2D eigenvalue weighted by Gasteiger charge is 2.76. The average molecular weight is 342 g/mol. The third kappa shape index (κ3) is 3.19. The van der Waals surface area contributed by atoms with Gasteiger partial charge in [0.15, 0.2) is 0 Å². The Labute approximate surface area is 148 Å². The van der Waals surface area contributed by atoms with E-state index in [0.29, 0.717) is 12.5 Å². The Bertz CT molecular complexity index is 595. The molecule has 0 bridgehead atoms. The summed E-state index contributed by atoms with van der Waals surface area (Å²) in [5.74, 6) is 0.450. The van der Waals surface area contributed by atoms with Gasteiger partial charge in [0.1, 0.15) is 0 Å². The van der Waals surface area contributed by atoms with E-state index in [0.717, 1.165) is 12.7 Å². The third-order valence-electron chi connectivity index (χ3n) is 6.22. The lowest BCUT2D eigenvalue weighted by molar-refractivity contribution is 0.0950. The average Bonchev–Trinajstić information content (AvgIpc) is 3.06. The van der Waals surface area contributed by atoms with Crippen molar-refractivity contribution in [1.82, 2.24) is 0 Å². The first-order valence-corrected chi connectivity index (χ1v) is 13.2. The monoisotopic (exact) mass is 341 g/mol. The molecule has 3 heteroatoms. The maximum atomic E-state index is 10.1. The molecule has 3 rings (SSSR count). The van der Waals surface area contributed by atoms with Gasteiger partial charge < -0.3 is 4.74 Å². The van der Waals surface area contributed by atoms with E-state index in [-0.39, 0.29) is 10.8 Å². The van der Waals surface area contributed by atoms with Crippen molar-refractivity contribution in [2.75, 3.05) is 6.61 Å². The van der Waals surface area contributed by atoms with Crippen molar-refractivity contribution >= 4 is 8.07 Å². The molecule has 1 aromatic carbocycles. The Morgan fingerprint density at radius 2 is 1.79 bits per heavy atom. The van der Waals surface area contributed by atoms with Crippen molar-refractivity contribution in [3.63, 3.8) is 0 Å². The van der Waals surface area contributed by atoms with Crippen molar-refractivity contribution in [2.45, 2.75) is 64.4 Å². The summed E-state index contributed by atoms with van der Waals surface area (Å²) in [4.78, 5) is 0. The molecule has 0 amide bonds. The Hall–Kier alpha value is -1.11. The molecule has 130 valence electrons. The van der Waals surface area contributed by atoms with Crippen LogP contribution in [0.4, 0.5) is 0 Å². The number of hydrogen-bond acceptors (Lipinski definition) is 2. The first kappa shape index (κ1) is 17.7. The molecule has 24 heavy (non-hydrogen) atoms. The lowest BCUT2D eigenvalue weighted by atomic mass is 9.80. The lowest BCUT2D eigenvalue weighted by Crippen LogP contribution is -2.28. The van der Waals surface area contributed by atoms with E-state index in [1.807, 2.05) is 6.07 Å². The lowest BCUT2D eigenvalue weighted by Gasteiger charge is -2.28. The molecule has 2 fully saturated rings. The second-order valence-electron chi connectivity index (χ2n) is 9.09. The van der Waals surface area contributed by atoms with Gasteiger partial charge in [0, 0.05) is 14.0 Å². The fourth-order valence-electron chi connectivity index (χ4n) is 5.27. The summed E-state index contributed by atoms with van der Waals surface area (Å²) in [7, 11) is -1.28. The predicted octanol–water partition coefficient (Wildman–Crippen LogP) is 5.63. The summed E-state index contributed by atoms with van der Waals surface area (Å²) in [5, 5.41) is 10.1. The number of nitrogens with zero attached hydrogens (tertiary/aromatic N) is 1. The Kier molecular flexibility index (Phi) is 4.91. The van der Waals surface area contributed by atoms with Gasteiger partial charge in [0.25, 0.3) is 0 Å². The van der Waals surface area contributed by atoms with Crippen LogP contribution in [0.25, 0.3) is 0 Å². The van der Waals surface area contributed by atoms with Gasteiger partial charge in [-0.2, -0.15) is 5.26 Å². The van der Waals surface area contributed by atoms with E-state index in [4.69, 9.17) is 4.74 Å². The molecule has 0 N–H and O–H groups in total. The maximum absolute atomic E-state index is 10.1. The summed E-state index contributed by atoms with van der Waals surface area (Å²) in [6.45, 7) is 8.64. The Balaban J connectivity index is 1.70. The van der Waals surface area contributed by atoms with Crippen LogP contribution in [0.2, 0.25) is 25.7 Å². The quantitative estimate of drug-likeness (QED) is 0.628. The highest BCUT2D eigenvalue weighted by atomic mass is 28.3. The predicted molar refractivity (Wildman–Crippen MR) is 101 cm³/mol. The van der Waals surface area contributed by atoms with Gasteiger partial charge in [0.2, 0.25) is 0 Å². The topological polar surface area (TPSA) is 33.0 Å². The highest BCUT2D eigenvalue weighted by Crippen LogP contribution is 2.77. The van der Waals surface area contributed by atoms with Crippen molar-refractivity contribution in [3.05, 3.63) is 35.9 Å². The molecule has 0 radical (unpaired) electrons. The van der Waals surface area contributed by atoms with Gasteiger partial charge in [-0.25, -0.2) is 0 Å². The van der Waals surface area contributed by atoms with Crippen LogP contribution in [0.1, 0.15) is 37.7 Å². The van der Waals surface area contributed by atoms with Gasteiger partial charge in [-0.05, 0) is 29.9 Å². The number of ether oxygens (including phenoxy) is 1. The molecule has 0 saturated heterocycles. The zero-order valence-corrected chi connectivity index (χ0v) is 16.5. The van der Waals surface area contributed by atoms with E-state index in [2.05, 4.69) is 50.0 Å². The molecule has 0 aliphatic heterocycles. The smallest absolute Gasteiger partial charge is 0.0717 e. The summed E-state index contributed by atoms with van der Waals surface area (Å²) in [6.07, 6.45) is 6.41. The number of hydrogen-bond donors (Lipinski definition) is 0. The first-order chi connectivity index (χ1) is 11.4. The second-order valence-corrected chi connectivity index (χ2v) is 14.6. The van der Waals surface area contributed by atoms with E-state index in [9.17, 15) is 5.26 Å². The first-order valence-electron chi connectivity index (χ1n) is 9.47. The van der Waals surface area contributed by atoms with Crippen LogP contribution in [0.15, 0.2) is 30.3 Å². The van der Waals surface area contributed by atoms with Crippen LogP contribution in [-0.2, 0) is 11.3 Å². The largest absolute Gasteiger partial charge is 0.376 e. The van der Waals surface area contributed by atoms with Gasteiger partial charge in [-0.3, -0.25) is 0 Å². The fourth-order valence-corrected chi connectivity index (χ4v) is 7.63. The van der Waals surface area contributed by atoms with Crippen molar-refractivity contribution in [3.8, 4) is 6.07 Å². The zero-order chi connectivity index (χ0) is 17.3. The van der Waals surface area contributed by atoms with Gasteiger partial charge >= 0.3 is 0 Å². The molecule has 0 unspecified atom stereocenters. The summed E-state index contributed by atoms with van der Waals surface area (Å²) in [5.41, 5.74) is 1.38. The molecule has 2 saturated carbocycles. The van der Waals surface area contributed by atoms with Gasteiger partial charge in [0.05, 0.1) is 24.7 Å². The molecular weight excluding hydrogens is 310 g/mol. The molecule has 0 aromatic heterocycles. The van der Waals surface area contributed by atoms with Crippen LogP contribution in [0.3, 0.4) is 0 Å². The van der Waals surface area contributed by atoms with Crippen LogP contribution in [-0.4, -0.2) is 14.7 Å². The standard InChI is InChI=1S/C21H31NOSi/c1-24(2,3)17-21(16-22)19(20(21)12-8-5-9-13-20)15-23-14-18-10-6-4-7-11-18/h4,6-7,10-11,19H,5,8-9,12-15,17H2,1-3H3/t19-,21+/m0/s1. The summed E-state index contributed by atoms with van der Waals surface area (Å²) < 4.78 is 6.11. The Morgan fingerprint density at radius 1 is 1.12 bits per heavy atom. The van der Waals surface area contributed by atoms with Gasteiger partial charge in [-0.1, -0.05) is 69.2 Å². The summed E-state index contributed by atoms with van der Waals surface area (Å²) >= 11 is 0. The molecule has 2 aliphatic carbocycles.